The lowest BCUT2D eigenvalue weighted by Crippen LogP contribution is -2.50. The van der Waals surface area contributed by atoms with Crippen LogP contribution < -0.4 is 0 Å². The van der Waals surface area contributed by atoms with Crippen LogP contribution in [-0.2, 0) is 14.3 Å². The van der Waals surface area contributed by atoms with Gasteiger partial charge >= 0.3 is 5.97 Å². The van der Waals surface area contributed by atoms with Gasteiger partial charge in [-0.05, 0) is 33.2 Å². The van der Waals surface area contributed by atoms with Gasteiger partial charge in [-0.25, -0.2) is 4.79 Å². The molecule has 0 aromatic heterocycles. The summed E-state index contributed by atoms with van der Waals surface area (Å²) in [7, 11) is 0. The molecule has 17 heavy (non-hydrogen) atoms. The molecule has 2 saturated heterocycles. The third kappa shape index (κ3) is 2.78. The molecule has 0 radical (unpaired) electrons. The lowest BCUT2D eigenvalue weighted by Gasteiger charge is -2.40. The number of carbonyl (C=O) groups is 1. The van der Waals surface area contributed by atoms with E-state index in [-0.39, 0.29) is 18.9 Å². The number of rotatable bonds is 3. The summed E-state index contributed by atoms with van der Waals surface area (Å²) < 4.78 is 11.0. The highest BCUT2D eigenvalue weighted by Gasteiger charge is 2.40. The van der Waals surface area contributed by atoms with E-state index in [9.17, 15) is 4.79 Å². The summed E-state index contributed by atoms with van der Waals surface area (Å²) in [5.74, 6) is -0.931. The van der Waals surface area contributed by atoms with E-state index in [0.29, 0.717) is 6.04 Å². The standard InChI is InChI=1S/C12H21NO4/c1-8(2)13-6-4-3-5-9(13)12-16-7-10(17-12)11(14)15/h8-10,12H,3-7H2,1-2H3,(H,14,15). The van der Waals surface area contributed by atoms with Crippen LogP contribution in [0.5, 0.6) is 0 Å². The third-order valence-electron chi connectivity index (χ3n) is 3.56. The van der Waals surface area contributed by atoms with E-state index in [1.807, 2.05) is 0 Å². The maximum absolute atomic E-state index is 10.8. The van der Waals surface area contributed by atoms with Crippen LogP contribution in [0.4, 0.5) is 0 Å². The Balaban J connectivity index is 1.98. The monoisotopic (exact) mass is 243 g/mol. The normalized spacial score (nSPS) is 35.4. The van der Waals surface area contributed by atoms with E-state index < -0.39 is 12.1 Å². The molecular weight excluding hydrogens is 222 g/mol. The van der Waals surface area contributed by atoms with Gasteiger partial charge in [-0.1, -0.05) is 6.42 Å². The van der Waals surface area contributed by atoms with Crippen molar-refractivity contribution in [2.45, 2.75) is 57.6 Å². The van der Waals surface area contributed by atoms with E-state index in [1.54, 1.807) is 0 Å². The zero-order valence-electron chi connectivity index (χ0n) is 10.5. The van der Waals surface area contributed by atoms with Crippen molar-refractivity contribution in [2.24, 2.45) is 0 Å². The van der Waals surface area contributed by atoms with E-state index in [2.05, 4.69) is 18.7 Å². The van der Waals surface area contributed by atoms with Crippen molar-refractivity contribution >= 4 is 5.97 Å². The summed E-state index contributed by atoms with van der Waals surface area (Å²) in [4.78, 5) is 13.2. The lowest BCUT2D eigenvalue weighted by molar-refractivity contribution is -0.158. The Hall–Kier alpha value is -0.650. The molecule has 5 nitrogen and oxygen atoms in total. The van der Waals surface area contributed by atoms with Crippen LogP contribution in [0.1, 0.15) is 33.1 Å². The predicted octanol–water partition coefficient (Wildman–Crippen LogP) is 1.08. The average molecular weight is 243 g/mol. The highest BCUT2D eigenvalue weighted by molar-refractivity contribution is 5.72. The second-order valence-electron chi connectivity index (χ2n) is 5.06. The van der Waals surface area contributed by atoms with Crippen LogP contribution in [0.15, 0.2) is 0 Å². The van der Waals surface area contributed by atoms with Crippen molar-refractivity contribution in [2.75, 3.05) is 13.2 Å². The maximum atomic E-state index is 10.8. The van der Waals surface area contributed by atoms with Crippen LogP contribution in [-0.4, -0.2) is 53.6 Å². The minimum Gasteiger partial charge on any atom is -0.479 e. The van der Waals surface area contributed by atoms with E-state index in [1.165, 1.54) is 6.42 Å². The SMILES string of the molecule is CC(C)N1CCCCC1C1OCC(C(=O)O)O1. The van der Waals surface area contributed by atoms with Gasteiger partial charge in [0.15, 0.2) is 12.4 Å². The number of hydrogen-bond acceptors (Lipinski definition) is 4. The number of hydrogen-bond donors (Lipinski definition) is 1. The number of likely N-dealkylation sites (tertiary alicyclic amines) is 1. The summed E-state index contributed by atoms with van der Waals surface area (Å²) in [6.07, 6.45) is 2.21. The van der Waals surface area contributed by atoms with Gasteiger partial charge in [0.25, 0.3) is 0 Å². The van der Waals surface area contributed by atoms with Gasteiger partial charge < -0.3 is 14.6 Å². The Labute approximate surface area is 102 Å². The van der Waals surface area contributed by atoms with Crippen LogP contribution in [0, 0.1) is 0 Å². The fourth-order valence-corrected chi connectivity index (χ4v) is 2.67. The molecule has 0 aromatic carbocycles. The molecule has 0 spiro atoms. The first-order valence-electron chi connectivity index (χ1n) is 6.35. The minimum absolute atomic E-state index is 0.169. The first kappa shape index (κ1) is 12.8. The zero-order chi connectivity index (χ0) is 12.4. The number of piperidine rings is 1. The number of carboxylic acids is 1. The average Bonchev–Trinajstić information content (AvgIpc) is 2.78. The van der Waals surface area contributed by atoms with E-state index in [0.717, 1.165) is 19.4 Å². The molecule has 2 rings (SSSR count). The molecule has 3 atom stereocenters. The molecule has 1 N–H and O–H groups in total. The summed E-state index contributed by atoms with van der Waals surface area (Å²) >= 11 is 0. The molecule has 0 bridgehead atoms. The highest BCUT2D eigenvalue weighted by atomic mass is 16.7. The van der Waals surface area contributed by atoms with Gasteiger partial charge in [-0.2, -0.15) is 0 Å². The Kier molecular flexibility index (Phi) is 4.01. The summed E-state index contributed by atoms with van der Waals surface area (Å²) in [6.45, 7) is 5.52. The van der Waals surface area contributed by atoms with Crippen molar-refractivity contribution < 1.29 is 19.4 Å². The first-order valence-corrected chi connectivity index (χ1v) is 6.35. The van der Waals surface area contributed by atoms with Crippen LogP contribution in [0.2, 0.25) is 0 Å². The predicted molar refractivity (Wildman–Crippen MR) is 61.7 cm³/mol. The van der Waals surface area contributed by atoms with E-state index >= 15 is 0 Å². The van der Waals surface area contributed by atoms with Crippen molar-refractivity contribution in [3.63, 3.8) is 0 Å². The number of nitrogens with zero attached hydrogens (tertiary/aromatic N) is 1. The fraction of sp³-hybridized carbons (Fsp3) is 0.917. The van der Waals surface area contributed by atoms with Crippen LogP contribution >= 0.6 is 0 Å². The molecule has 2 fully saturated rings. The largest absolute Gasteiger partial charge is 0.479 e. The number of carboxylic acid groups (broad SMARTS) is 1. The molecule has 2 heterocycles. The summed E-state index contributed by atoms with van der Waals surface area (Å²) in [5.41, 5.74) is 0. The van der Waals surface area contributed by atoms with Gasteiger partial charge in [0.1, 0.15) is 0 Å². The highest BCUT2D eigenvalue weighted by Crippen LogP contribution is 2.27. The Morgan fingerprint density at radius 1 is 1.41 bits per heavy atom. The maximum Gasteiger partial charge on any atom is 0.335 e. The molecule has 2 aliphatic heterocycles. The van der Waals surface area contributed by atoms with Crippen LogP contribution in [0.25, 0.3) is 0 Å². The number of ether oxygens (including phenoxy) is 2. The zero-order valence-corrected chi connectivity index (χ0v) is 10.5. The topological polar surface area (TPSA) is 59.0 Å². The van der Waals surface area contributed by atoms with Crippen molar-refractivity contribution in [1.29, 1.82) is 0 Å². The molecule has 0 aliphatic carbocycles. The van der Waals surface area contributed by atoms with Gasteiger partial charge in [0, 0.05) is 6.04 Å². The Morgan fingerprint density at radius 2 is 2.18 bits per heavy atom. The summed E-state index contributed by atoms with van der Waals surface area (Å²) in [5, 5.41) is 8.89. The van der Waals surface area contributed by atoms with E-state index in [4.69, 9.17) is 14.6 Å². The first-order chi connectivity index (χ1) is 8.09. The Morgan fingerprint density at radius 3 is 2.76 bits per heavy atom. The lowest BCUT2D eigenvalue weighted by atomic mass is 10.00. The Bertz CT molecular complexity index is 282. The van der Waals surface area contributed by atoms with Gasteiger partial charge in [0.2, 0.25) is 0 Å². The van der Waals surface area contributed by atoms with Gasteiger partial charge in [-0.3, -0.25) is 4.90 Å². The second kappa shape index (κ2) is 5.33. The molecule has 2 aliphatic rings. The van der Waals surface area contributed by atoms with Crippen molar-refractivity contribution in [3.8, 4) is 0 Å². The van der Waals surface area contributed by atoms with Gasteiger partial charge in [-0.15, -0.1) is 0 Å². The van der Waals surface area contributed by atoms with Crippen molar-refractivity contribution in [1.82, 2.24) is 4.90 Å². The molecule has 0 aromatic rings. The third-order valence-corrected chi connectivity index (χ3v) is 3.56. The molecule has 0 amide bonds. The number of aliphatic carboxylic acids is 1. The molecule has 0 saturated carbocycles. The van der Waals surface area contributed by atoms with Gasteiger partial charge in [0.05, 0.1) is 12.6 Å². The van der Waals surface area contributed by atoms with Crippen LogP contribution in [0.3, 0.4) is 0 Å². The van der Waals surface area contributed by atoms with Crippen molar-refractivity contribution in [3.05, 3.63) is 0 Å². The molecule has 3 unspecified atom stereocenters. The molecular formula is C12H21NO4. The quantitative estimate of drug-likeness (QED) is 0.803. The summed E-state index contributed by atoms with van der Waals surface area (Å²) in [6, 6.07) is 0.643. The fourth-order valence-electron chi connectivity index (χ4n) is 2.67. The molecule has 98 valence electrons. The second-order valence-corrected chi connectivity index (χ2v) is 5.06. The minimum atomic E-state index is -0.931. The smallest absolute Gasteiger partial charge is 0.335 e. The molecule has 5 heteroatoms.